The van der Waals surface area contributed by atoms with Gasteiger partial charge in [0.05, 0.1) is 0 Å². The number of aryl methyl sites for hydroxylation is 1. The van der Waals surface area contributed by atoms with E-state index in [2.05, 4.69) is 73.4 Å². The van der Waals surface area contributed by atoms with Crippen molar-refractivity contribution in [2.45, 2.75) is 38.5 Å². The van der Waals surface area contributed by atoms with E-state index >= 15 is 0 Å². The normalized spacial score (nSPS) is 11.7. The summed E-state index contributed by atoms with van der Waals surface area (Å²) < 4.78 is 0. The molecule has 0 aliphatic rings. The van der Waals surface area contributed by atoms with Gasteiger partial charge < -0.3 is 0 Å². The summed E-state index contributed by atoms with van der Waals surface area (Å²) in [5.41, 5.74) is 3.01. The Morgan fingerprint density at radius 1 is 0.864 bits per heavy atom. The van der Waals surface area contributed by atoms with Crippen LogP contribution in [0.25, 0.3) is 10.8 Å². The van der Waals surface area contributed by atoms with Crippen LogP contribution in [-0.4, -0.2) is 4.98 Å². The second-order valence-corrected chi connectivity index (χ2v) is 6.62. The Bertz CT molecular complexity index is 739. The third-order valence-corrected chi connectivity index (χ3v) is 4.55. The van der Waals surface area contributed by atoms with Gasteiger partial charge in [-0.1, -0.05) is 68.4 Å². The molecule has 0 amide bonds. The van der Waals surface area contributed by atoms with Crippen LogP contribution in [0.3, 0.4) is 0 Å². The minimum Gasteiger partial charge on any atom is -0.264 e. The third-order valence-electron chi connectivity index (χ3n) is 4.55. The molecule has 0 aliphatic heterocycles. The van der Waals surface area contributed by atoms with Crippen LogP contribution in [0.2, 0.25) is 0 Å². The van der Waals surface area contributed by atoms with E-state index in [9.17, 15) is 0 Å². The summed E-state index contributed by atoms with van der Waals surface area (Å²) in [6.07, 6.45) is 7.42. The molecule has 0 aliphatic carbocycles. The largest absolute Gasteiger partial charge is 0.264 e. The van der Waals surface area contributed by atoms with Gasteiger partial charge in [0.15, 0.2) is 0 Å². The molecule has 2 aromatic carbocycles. The molecule has 0 spiro atoms. The van der Waals surface area contributed by atoms with Crippen molar-refractivity contribution in [2.75, 3.05) is 0 Å². The molecule has 0 atom stereocenters. The molecule has 0 unspecified atom stereocenters. The Morgan fingerprint density at radius 2 is 1.59 bits per heavy atom. The van der Waals surface area contributed by atoms with Crippen molar-refractivity contribution in [3.63, 3.8) is 0 Å². The van der Waals surface area contributed by atoms with Crippen molar-refractivity contribution in [1.82, 2.24) is 4.98 Å². The standard InChI is InChI=1S/C21H23N/c1-21(2,19-11-4-3-5-12-19)14-8-10-18-16-22-15-17-9-6-7-13-20(17)18/h3-7,9,11-13,15-16H,8,10,14H2,1-2H3. The average molecular weight is 289 g/mol. The lowest BCUT2D eigenvalue weighted by molar-refractivity contribution is 0.461. The highest BCUT2D eigenvalue weighted by Gasteiger charge is 2.19. The smallest absolute Gasteiger partial charge is 0.0346 e. The minimum absolute atomic E-state index is 0.222. The Labute approximate surface area is 133 Å². The molecule has 22 heavy (non-hydrogen) atoms. The molecule has 1 heteroatoms. The lowest BCUT2D eigenvalue weighted by Crippen LogP contribution is -2.17. The van der Waals surface area contributed by atoms with E-state index in [-0.39, 0.29) is 5.41 Å². The molecule has 0 saturated heterocycles. The number of nitrogens with zero attached hydrogens (tertiary/aromatic N) is 1. The summed E-state index contributed by atoms with van der Waals surface area (Å²) in [5, 5.41) is 2.58. The molecule has 0 fully saturated rings. The number of aromatic nitrogens is 1. The van der Waals surface area contributed by atoms with Crippen LogP contribution in [0.4, 0.5) is 0 Å². The van der Waals surface area contributed by atoms with Gasteiger partial charge >= 0.3 is 0 Å². The van der Waals surface area contributed by atoms with E-state index in [0.717, 1.165) is 6.42 Å². The van der Waals surface area contributed by atoms with Crippen LogP contribution >= 0.6 is 0 Å². The van der Waals surface area contributed by atoms with E-state index in [1.807, 2.05) is 12.4 Å². The number of pyridine rings is 1. The Hall–Kier alpha value is -2.15. The lowest BCUT2D eigenvalue weighted by atomic mass is 9.80. The van der Waals surface area contributed by atoms with Crippen molar-refractivity contribution in [3.05, 3.63) is 78.1 Å². The van der Waals surface area contributed by atoms with Gasteiger partial charge in [-0.3, -0.25) is 4.98 Å². The Kier molecular flexibility index (Phi) is 4.24. The molecule has 1 heterocycles. The zero-order chi connectivity index (χ0) is 15.4. The van der Waals surface area contributed by atoms with Gasteiger partial charge in [-0.25, -0.2) is 0 Å². The first-order chi connectivity index (χ1) is 10.7. The van der Waals surface area contributed by atoms with E-state index < -0.39 is 0 Å². The first-order valence-electron chi connectivity index (χ1n) is 8.04. The minimum atomic E-state index is 0.222. The number of rotatable bonds is 5. The van der Waals surface area contributed by atoms with Crippen molar-refractivity contribution in [1.29, 1.82) is 0 Å². The van der Waals surface area contributed by atoms with Gasteiger partial charge in [0.2, 0.25) is 0 Å². The molecule has 3 rings (SSSR count). The maximum atomic E-state index is 4.39. The SMILES string of the molecule is CC(C)(CCCc1cncc2ccccc12)c1ccccc1. The van der Waals surface area contributed by atoms with E-state index in [1.165, 1.54) is 34.7 Å². The van der Waals surface area contributed by atoms with Gasteiger partial charge in [-0.05, 0) is 41.2 Å². The molecule has 3 aromatic rings. The Morgan fingerprint density at radius 3 is 2.41 bits per heavy atom. The van der Waals surface area contributed by atoms with Gasteiger partial charge in [0, 0.05) is 17.8 Å². The van der Waals surface area contributed by atoms with Crippen molar-refractivity contribution in [3.8, 4) is 0 Å². The topological polar surface area (TPSA) is 12.9 Å². The van der Waals surface area contributed by atoms with Crippen molar-refractivity contribution in [2.24, 2.45) is 0 Å². The van der Waals surface area contributed by atoms with Crippen LogP contribution in [0, 0.1) is 0 Å². The van der Waals surface area contributed by atoms with Crippen molar-refractivity contribution >= 4 is 10.8 Å². The first kappa shape index (κ1) is 14.8. The zero-order valence-electron chi connectivity index (χ0n) is 13.4. The molecule has 0 radical (unpaired) electrons. The maximum absolute atomic E-state index is 4.39. The summed E-state index contributed by atoms with van der Waals surface area (Å²) in [5.74, 6) is 0. The average Bonchev–Trinajstić information content (AvgIpc) is 2.56. The molecule has 112 valence electrons. The van der Waals surface area contributed by atoms with Crippen LogP contribution in [0.15, 0.2) is 67.0 Å². The molecular formula is C21H23N. The predicted octanol–water partition coefficient (Wildman–Crippen LogP) is 5.54. The van der Waals surface area contributed by atoms with E-state index in [0.29, 0.717) is 0 Å². The summed E-state index contributed by atoms with van der Waals surface area (Å²) in [6, 6.07) is 19.3. The van der Waals surface area contributed by atoms with Crippen LogP contribution < -0.4 is 0 Å². The van der Waals surface area contributed by atoms with Crippen LogP contribution in [0.1, 0.15) is 37.8 Å². The highest BCUT2D eigenvalue weighted by atomic mass is 14.6. The first-order valence-corrected chi connectivity index (χ1v) is 8.04. The lowest BCUT2D eigenvalue weighted by Gasteiger charge is -2.25. The van der Waals surface area contributed by atoms with E-state index in [1.54, 1.807) is 0 Å². The quantitative estimate of drug-likeness (QED) is 0.601. The number of fused-ring (bicyclic) bond motifs is 1. The van der Waals surface area contributed by atoms with E-state index in [4.69, 9.17) is 0 Å². The highest BCUT2D eigenvalue weighted by molar-refractivity contribution is 5.84. The highest BCUT2D eigenvalue weighted by Crippen LogP contribution is 2.29. The monoisotopic (exact) mass is 289 g/mol. The molecule has 0 N–H and O–H groups in total. The number of hydrogen-bond acceptors (Lipinski definition) is 1. The fraction of sp³-hybridized carbons (Fsp3) is 0.286. The second-order valence-electron chi connectivity index (χ2n) is 6.62. The maximum Gasteiger partial charge on any atom is 0.0346 e. The fourth-order valence-electron chi connectivity index (χ4n) is 3.13. The molecule has 0 saturated carbocycles. The summed E-state index contributed by atoms with van der Waals surface area (Å²) >= 11 is 0. The van der Waals surface area contributed by atoms with Crippen LogP contribution in [-0.2, 0) is 11.8 Å². The Balaban J connectivity index is 1.70. The molecular weight excluding hydrogens is 266 g/mol. The number of hydrogen-bond donors (Lipinski definition) is 0. The third kappa shape index (κ3) is 3.19. The van der Waals surface area contributed by atoms with Gasteiger partial charge in [0.25, 0.3) is 0 Å². The fourth-order valence-corrected chi connectivity index (χ4v) is 3.13. The molecule has 1 aromatic heterocycles. The summed E-state index contributed by atoms with van der Waals surface area (Å²) in [6.45, 7) is 4.67. The zero-order valence-corrected chi connectivity index (χ0v) is 13.4. The second kappa shape index (κ2) is 6.31. The summed E-state index contributed by atoms with van der Waals surface area (Å²) in [4.78, 5) is 4.39. The van der Waals surface area contributed by atoms with Crippen LogP contribution in [0.5, 0.6) is 0 Å². The van der Waals surface area contributed by atoms with Gasteiger partial charge in [-0.15, -0.1) is 0 Å². The van der Waals surface area contributed by atoms with Crippen molar-refractivity contribution < 1.29 is 0 Å². The predicted molar refractivity (Wildman–Crippen MR) is 94.1 cm³/mol. The summed E-state index contributed by atoms with van der Waals surface area (Å²) in [7, 11) is 0. The van der Waals surface area contributed by atoms with Gasteiger partial charge in [0.1, 0.15) is 0 Å². The molecule has 0 bridgehead atoms. The number of benzene rings is 2. The van der Waals surface area contributed by atoms with Gasteiger partial charge in [-0.2, -0.15) is 0 Å². The molecule has 1 nitrogen and oxygen atoms in total.